The molecule has 1 amide bonds. The molecule has 0 aliphatic carbocycles. The van der Waals surface area contributed by atoms with E-state index in [9.17, 15) is 4.79 Å². The van der Waals surface area contributed by atoms with Gasteiger partial charge in [0.25, 0.3) is 5.91 Å². The van der Waals surface area contributed by atoms with Gasteiger partial charge in [-0.2, -0.15) is 0 Å². The lowest BCUT2D eigenvalue weighted by Crippen LogP contribution is -2.44. The Labute approximate surface area is 202 Å². The number of hydrogen-bond donors (Lipinski definition) is 1. The van der Waals surface area contributed by atoms with Gasteiger partial charge in [-0.3, -0.25) is 9.69 Å². The van der Waals surface area contributed by atoms with Gasteiger partial charge < -0.3 is 15.4 Å². The number of nitrogens with zero attached hydrogens (tertiary/aromatic N) is 2. The third-order valence-electron chi connectivity index (χ3n) is 7.06. The zero-order chi connectivity index (χ0) is 23.4. The Hall–Kier alpha value is -2.44. The number of hydrogen-bond acceptors (Lipinski definition) is 4. The number of thiocarbonyl (C=S) groups is 1. The maximum atomic E-state index is 13.4. The molecule has 6 heteroatoms. The number of carbonyl (C=O) groups is 1. The van der Waals surface area contributed by atoms with Crippen molar-refractivity contribution in [2.75, 3.05) is 18.0 Å². The number of para-hydroxylation sites is 2. The molecule has 2 aliphatic heterocycles. The Bertz CT molecular complexity index is 968. The molecule has 2 N–H and O–H groups in total. The van der Waals surface area contributed by atoms with Gasteiger partial charge in [0.15, 0.2) is 0 Å². The van der Waals surface area contributed by atoms with Crippen LogP contribution >= 0.6 is 12.2 Å². The van der Waals surface area contributed by atoms with Crippen molar-refractivity contribution in [3.05, 3.63) is 59.7 Å². The number of anilines is 1. The van der Waals surface area contributed by atoms with Gasteiger partial charge in [-0.1, -0.05) is 61.5 Å². The molecule has 2 heterocycles. The van der Waals surface area contributed by atoms with E-state index in [1.165, 1.54) is 25.7 Å². The predicted molar refractivity (Wildman–Crippen MR) is 138 cm³/mol. The average molecular weight is 466 g/mol. The molecule has 5 nitrogen and oxygen atoms in total. The van der Waals surface area contributed by atoms with E-state index in [0.29, 0.717) is 23.6 Å². The Kier molecular flexibility index (Phi) is 7.66. The minimum Gasteiger partial charge on any atom is -0.474 e. The summed E-state index contributed by atoms with van der Waals surface area (Å²) in [6.45, 7) is 6.55. The zero-order valence-electron chi connectivity index (χ0n) is 19.7. The summed E-state index contributed by atoms with van der Waals surface area (Å²) in [5, 5.41) is 0. The van der Waals surface area contributed by atoms with E-state index in [1.807, 2.05) is 53.4 Å². The van der Waals surface area contributed by atoms with Crippen LogP contribution in [0.25, 0.3) is 0 Å². The van der Waals surface area contributed by atoms with Crippen molar-refractivity contribution >= 4 is 28.8 Å². The minimum absolute atomic E-state index is 0.0185. The van der Waals surface area contributed by atoms with Gasteiger partial charge in [0, 0.05) is 29.8 Å². The summed E-state index contributed by atoms with van der Waals surface area (Å²) in [4.78, 5) is 18.3. The van der Waals surface area contributed by atoms with Crippen LogP contribution in [0.15, 0.2) is 48.5 Å². The van der Waals surface area contributed by atoms with Crippen LogP contribution in [0.5, 0.6) is 5.75 Å². The third kappa shape index (κ3) is 5.39. The highest BCUT2D eigenvalue weighted by Gasteiger charge is 2.35. The van der Waals surface area contributed by atoms with Gasteiger partial charge in [0.2, 0.25) is 6.10 Å². The Morgan fingerprint density at radius 2 is 1.67 bits per heavy atom. The lowest BCUT2D eigenvalue weighted by molar-refractivity contribution is -0.126. The molecule has 0 aromatic heterocycles. The van der Waals surface area contributed by atoms with Crippen molar-refractivity contribution in [1.82, 2.24) is 4.90 Å². The molecule has 1 saturated heterocycles. The van der Waals surface area contributed by atoms with Crippen LogP contribution in [0.3, 0.4) is 0 Å². The number of nitrogens with two attached hydrogens (primary N) is 1. The van der Waals surface area contributed by atoms with Crippen molar-refractivity contribution in [2.45, 2.75) is 70.6 Å². The fourth-order valence-corrected chi connectivity index (χ4v) is 5.27. The van der Waals surface area contributed by atoms with Crippen molar-refractivity contribution in [2.24, 2.45) is 5.73 Å². The molecule has 0 bridgehead atoms. The van der Waals surface area contributed by atoms with E-state index in [2.05, 4.69) is 18.7 Å². The van der Waals surface area contributed by atoms with Crippen molar-refractivity contribution in [3.63, 3.8) is 0 Å². The highest BCUT2D eigenvalue weighted by Crippen LogP contribution is 2.39. The molecule has 1 fully saturated rings. The zero-order valence-corrected chi connectivity index (χ0v) is 20.5. The first kappa shape index (κ1) is 23.7. The Morgan fingerprint density at radius 3 is 2.36 bits per heavy atom. The Balaban J connectivity index is 1.40. The highest BCUT2D eigenvalue weighted by atomic mass is 32.1. The molecule has 4 rings (SSSR count). The van der Waals surface area contributed by atoms with Crippen LogP contribution in [0.4, 0.5) is 5.69 Å². The molecular formula is C27H35N3O2S. The smallest absolute Gasteiger partial charge is 0.272 e. The molecule has 0 saturated carbocycles. The van der Waals surface area contributed by atoms with E-state index in [-0.39, 0.29) is 5.91 Å². The molecule has 3 atom stereocenters. The van der Waals surface area contributed by atoms with E-state index >= 15 is 0 Å². The molecule has 0 radical (unpaired) electrons. The summed E-state index contributed by atoms with van der Waals surface area (Å²) >= 11 is 5.05. The fraction of sp³-hybridized carbons (Fsp3) is 0.481. The summed E-state index contributed by atoms with van der Waals surface area (Å²) in [5.74, 6) is 0.728. The number of amides is 1. The van der Waals surface area contributed by atoms with Gasteiger partial charge in [-0.25, -0.2) is 0 Å². The van der Waals surface area contributed by atoms with E-state index in [1.54, 1.807) is 0 Å². The molecule has 2 aromatic carbocycles. The molecule has 0 spiro atoms. The lowest BCUT2D eigenvalue weighted by Gasteiger charge is -2.39. The highest BCUT2D eigenvalue weighted by molar-refractivity contribution is 7.80. The van der Waals surface area contributed by atoms with Gasteiger partial charge >= 0.3 is 0 Å². The number of carbonyl (C=O) groups excluding carboxylic acids is 1. The van der Waals surface area contributed by atoms with Gasteiger partial charge in [-0.05, 0) is 58.2 Å². The number of likely N-dealkylation sites (tertiary alicyclic amines) is 1. The standard InChI is InChI=1S/C27H35N3O2S/c1-19-9-8-10-20(2)29(19)17-6-3-7-18-30-23-11-4-5-12-24(23)32-25(27(30)31)21-13-15-22(16-14-21)26(28)33/h4-5,11-16,19-20,25H,3,6-10,17-18H2,1-2H3,(H2,28,33)/t19-,20+,25?. The van der Waals surface area contributed by atoms with E-state index in [4.69, 9.17) is 22.7 Å². The summed E-state index contributed by atoms with van der Waals surface area (Å²) in [7, 11) is 0. The number of benzene rings is 2. The second-order valence-electron chi connectivity index (χ2n) is 9.37. The molecule has 33 heavy (non-hydrogen) atoms. The largest absolute Gasteiger partial charge is 0.474 e. The van der Waals surface area contributed by atoms with Crippen LogP contribution in [-0.4, -0.2) is 41.0 Å². The van der Waals surface area contributed by atoms with Gasteiger partial charge in [0.05, 0.1) is 5.69 Å². The molecular weight excluding hydrogens is 430 g/mol. The predicted octanol–water partition coefficient (Wildman–Crippen LogP) is 5.22. The van der Waals surface area contributed by atoms with Crippen LogP contribution in [0.1, 0.15) is 69.6 Å². The topological polar surface area (TPSA) is 58.8 Å². The molecule has 2 aliphatic rings. The minimum atomic E-state index is -0.657. The number of rotatable bonds is 8. The van der Waals surface area contributed by atoms with E-state index in [0.717, 1.165) is 42.0 Å². The van der Waals surface area contributed by atoms with Crippen molar-refractivity contribution in [1.29, 1.82) is 0 Å². The summed E-state index contributed by atoms with van der Waals surface area (Å²) < 4.78 is 6.13. The number of unbranched alkanes of at least 4 members (excludes halogenated alkanes) is 2. The first-order valence-electron chi connectivity index (χ1n) is 12.2. The first-order valence-corrected chi connectivity index (χ1v) is 12.6. The summed E-state index contributed by atoms with van der Waals surface area (Å²) in [6, 6.07) is 16.6. The van der Waals surface area contributed by atoms with Crippen molar-refractivity contribution < 1.29 is 9.53 Å². The average Bonchev–Trinajstić information content (AvgIpc) is 2.81. The molecule has 176 valence electrons. The van der Waals surface area contributed by atoms with Gasteiger partial charge in [-0.15, -0.1) is 0 Å². The second kappa shape index (κ2) is 10.7. The van der Waals surface area contributed by atoms with Crippen LogP contribution in [-0.2, 0) is 4.79 Å². The van der Waals surface area contributed by atoms with E-state index < -0.39 is 6.10 Å². The Morgan fingerprint density at radius 1 is 1.00 bits per heavy atom. The monoisotopic (exact) mass is 465 g/mol. The fourth-order valence-electron chi connectivity index (χ4n) is 5.14. The van der Waals surface area contributed by atoms with Crippen LogP contribution in [0, 0.1) is 0 Å². The first-order chi connectivity index (χ1) is 16.0. The summed E-state index contributed by atoms with van der Waals surface area (Å²) in [6.07, 6.45) is 6.56. The van der Waals surface area contributed by atoms with Gasteiger partial charge in [0.1, 0.15) is 10.7 Å². The second-order valence-corrected chi connectivity index (χ2v) is 9.81. The normalized spacial score (nSPS) is 23.2. The lowest BCUT2D eigenvalue weighted by atomic mass is 9.97. The maximum Gasteiger partial charge on any atom is 0.272 e. The SMILES string of the molecule is C[C@@H]1CCC[C@H](C)N1CCCCCN1C(=O)C(c2ccc(C(N)=S)cc2)Oc2ccccc21. The van der Waals surface area contributed by atoms with Crippen LogP contribution in [0.2, 0.25) is 0 Å². The summed E-state index contributed by atoms with van der Waals surface area (Å²) in [5.41, 5.74) is 8.17. The van der Waals surface area contributed by atoms with Crippen molar-refractivity contribution in [3.8, 4) is 5.75 Å². The third-order valence-corrected chi connectivity index (χ3v) is 7.30. The maximum absolute atomic E-state index is 13.4. The van der Waals surface area contributed by atoms with Crippen LogP contribution < -0.4 is 15.4 Å². The molecule has 2 aromatic rings. The number of piperidine rings is 1. The molecule has 1 unspecified atom stereocenters. The number of ether oxygens (including phenoxy) is 1. The number of fused-ring (bicyclic) bond motifs is 1. The quantitative estimate of drug-likeness (QED) is 0.428.